The van der Waals surface area contributed by atoms with E-state index in [4.69, 9.17) is 4.74 Å². The standard InChI is InChI=1S/C23H28F2N6O3S/c1-14(10-26-22-27-12-17(13-28-22)34-21(24)25)11-29-23-30-18-4-3-15(9-19(18)35-23)20(32)31-7-5-16(33-2)6-8-31/h3-4,9,12-14,16,21H,5-8,10-11H2,1-2H3,(H,29,30)(H,26,27,28). The molecule has 9 nitrogen and oxygen atoms in total. The number of thiazole rings is 1. The van der Waals surface area contributed by atoms with Gasteiger partial charge in [-0.1, -0.05) is 18.3 Å². The summed E-state index contributed by atoms with van der Waals surface area (Å²) in [6.07, 6.45) is 4.35. The molecule has 2 N–H and O–H groups in total. The van der Waals surface area contributed by atoms with E-state index in [9.17, 15) is 13.6 Å². The van der Waals surface area contributed by atoms with Crippen molar-refractivity contribution in [1.82, 2.24) is 19.9 Å². The van der Waals surface area contributed by atoms with Gasteiger partial charge in [0.05, 0.1) is 28.7 Å². The lowest BCUT2D eigenvalue weighted by Gasteiger charge is -2.31. The molecule has 0 radical (unpaired) electrons. The summed E-state index contributed by atoms with van der Waals surface area (Å²) in [5, 5.41) is 7.19. The molecule has 0 saturated carbocycles. The summed E-state index contributed by atoms with van der Waals surface area (Å²) in [5.41, 5.74) is 1.52. The minimum Gasteiger partial charge on any atom is -0.432 e. The molecule has 188 valence electrons. The van der Waals surface area contributed by atoms with Crippen LogP contribution in [0.2, 0.25) is 0 Å². The Hall–Kier alpha value is -3.12. The molecule has 0 bridgehead atoms. The molecule has 1 aliphatic rings. The lowest BCUT2D eigenvalue weighted by molar-refractivity contribution is -0.0503. The lowest BCUT2D eigenvalue weighted by Crippen LogP contribution is -2.40. The zero-order chi connectivity index (χ0) is 24.8. The SMILES string of the molecule is COC1CCN(C(=O)c2ccc3nc(NCC(C)CNc4ncc(OC(F)F)cn4)sc3c2)CC1. The van der Waals surface area contributed by atoms with Gasteiger partial charge in [-0.3, -0.25) is 4.79 Å². The normalized spacial score (nSPS) is 15.4. The van der Waals surface area contributed by atoms with Gasteiger partial charge in [-0.15, -0.1) is 0 Å². The average Bonchev–Trinajstić information content (AvgIpc) is 3.28. The second-order valence-corrected chi connectivity index (χ2v) is 9.45. The van der Waals surface area contributed by atoms with Crippen LogP contribution in [0.25, 0.3) is 10.2 Å². The first-order chi connectivity index (χ1) is 16.9. The number of halogens is 2. The molecule has 4 rings (SSSR count). The van der Waals surface area contributed by atoms with Crippen molar-refractivity contribution in [3.05, 3.63) is 36.2 Å². The molecule has 1 aromatic carbocycles. The van der Waals surface area contributed by atoms with Crippen molar-refractivity contribution in [3.63, 3.8) is 0 Å². The van der Waals surface area contributed by atoms with Gasteiger partial charge < -0.3 is 25.0 Å². The van der Waals surface area contributed by atoms with Crippen LogP contribution < -0.4 is 15.4 Å². The Bertz CT molecular complexity index is 1120. The van der Waals surface area contributed by atoms with E-state index >= 15 is 0 Å². The van der Waals surface area contributed by atoms with Crippen molar-refractivity contribution in [3.8, 4) is 5.75 Å². The number of methoxy groups -OCH3 is 1. The number of hydrogen-bond acceptors (Lipinski definition) is 9. The number of nitrogens with one attached hydrogen (secondary N) is 2. The number of amides is 1. The maximum atomic E-state index is 12.9. The molecule has 1 saturated heterocycles. The number of anilines is 2. The third-order valence-electron chi connectivity index (χ3n) is 5.76. The summed E-state index contributed by atoms with van der Waals surface area (Å²) in [4.78, 5) is 27.3. The smallest absolute Gasteiger partial charge is 0.387 e. The third-order valence-corrected chi connectivity index (χ3v) is 6.74. The van der Waals surface area contributed by atoms with E-state index in [1.807, 2.05) is 30.0 Å². The second kappa shape index (κ2) is 11.5. The predicted octanol–water partition coefficient (Wildman–Crippen LogP) is 4.10. The van der Waals surface area contributed by atoms with Crippen LogP contribution in [-0.4, -0.2) is 71.8 Å². The van der Waals surface area contributed by atoms with Gasteiger partial charge in [-0.2, -0.15) is 8.78 Å². The van der Waals surface area contributed by atoms with E-state index in [0.717, 1.165) is 28.2 Å². The summed E-state index contributed by atoms with van der Waals surface area (Å²) in [6.45, 7) is 1.78. The van der Waals surface area contributed by atoms with Crippen molar-refractivity contribution in [2.24, 2.45) is 5.92 Å². The molecule has 1 amide bonds. The first kappa shape index (κ1) is 25.0. The van der Waals surface area contributed by atoms with Crippen LogP contribution in [0.15, 0.2) is 30.6 Å². The quantitative estimate of drug-likeness (QED) is 0.424. The van der Waals surface area contributed by atoms with Crippen LogP contribution >= 0.6 is 11.3 Å². The van der Waals surface area contributed by atoms with Crippen LogP contribution in [0.1, 0.15) is 30.1 Å². The fourth-order valence-corrected chi connectivity index (χ4v) is 4.69. The number of carbonyl (C=O) groups is 1. The Morgan fingerprint density at radius 1 is 1.20 bits per heavy atom. The zero-order valence-electron chi connectivity index (χ0n) is 19.5. The van der Waals surface area contributed by atoms with Gasteiger partial charge in [-0.25, -0.2) is 15.0 Å². The Morgan fingerprint density at radius 2 is 1.91 bits per heavy atom. The van der Waals surface area contributed by atoms with Crippen molar-refractivity contribution >= 4 is 38.5 Å². The van der Waals surface area contributed by atoms with Gasteiger partial charge in [0.25, 0.3) is 5.91 Å². The Labute approximate surface area is 205 Å². The van der Waals surface area contributed by atoms with Gasteiger partial charge in [0.15, 0.2) is 10.9 Å². The zero-order valence-corrected chi connectivity index (χ0v) is 20.4. The van der Waals surface area contributed by atoms with E-state index in [1.54, 1.807) is 7.11 Å². The highest BCUT2D eigenvalue weighted by Crippen LogP contribution is 2.28. The molecule has 1 aliphatic heterocycles. The number of nitrogens with zero attached hydrogens (tertiary/aromatic N) is 4. The first-order valence-electron chi connectivity index (χ1n) is 11.4. The van der Waals surface area contributed by atoms with E-state index < -0.39 is 6.61 Å². The molecule has 1 atom stereocenters. The van der Waals surface area contributed by atoms with Crippen LogP contribution in [-0.2, 0) is 4.74 Å². The minimum absolute atomic E-state index is 0.0417. The van der Waals surface area contributed by atoms with Gasteiger partial charge >= 0.3 is 6.61 Å². The van der Waals surface area contributed by atoms with Crippen molar-refractivity contribution < 1.29 is 23.0 Å². The van der Waals surface area contributed by atoms with E-state index in [1.165, 1.54) is 23.7 Å². The molecule has 0 aliphatic carbocycles. The molecule has 3 aromatic rings. The summed E-state index contributed by atoms with van der Waals surface area (Å²) in [6, 6.07) is 5.63. The Balaban J connectivity index is 1.27. The highest BCUT2D eigenvalue weighted by Gasteiger charge is 2.23. The fourth-order valence-electron chi connectivity index (χ4n) is 3.78. The average molecular weight is 507 g/mol. The van der Waals surface area contributed by atoms with Gasteiger partial charge in [-0.05, 0) is 37.0 Å². The van der Waals surface area contributed by atoms with Crippen LogP contribution in [0.4, 0.5) is 19.9 Å². The van der Waals surface area contributed by atoms with E-state index in [2.05, 4.69) is 30.3 Å². The monoisotopic (exact) mass is 506 g/mol. The van der Waals surface area contributed by atoms with Crippen molar-refractivity contribution in [2.75, 3.05) is 43.9 Å². The largest absolute Gasteiger partial charge is 0.432 e. The summed E-state index contributed by atoms with van der Waals surface area (Å²) < 4.78 is 35.0. The first-order valence-corrected chi connectivity index (χ1v) is 12.2. The molecule has 35 heavy (non-hydrogen) atoms. The second-order valence-electron chi connectivity index (χ2n) is 8.42. The number of benzene rings is 1. The van der Waals surface area contributed by atoms with Crippen LogP contribution in [0, 0.1) is 5.92 Å². The number of fused-ring (bicyclic) bond motifs is 1. The van der Waals surface area contributed by atoms with Gasteiger partial charge in [0.1, 0.15) is 0 Å². The maximum Gasteiger partial charge on any atom is 0.387 e. The number of ether oxygens (including phenoxy) is 2. The number of hydrogen-bond donors (Lipinski definition) is 2. The molecule has 0 spiro atoms. The molecule has 3 heterocycles. The molecule has 1 fully saturated rings. The lowest BCUT2D eigenvalue weighted by atomic mass is 10.1. The molecule has 2 aromatic heterocycles. The highest BCUT2D eigenvalue weighted by atomic mass is 32.1. The maximum absolute atomic E-state index is 12.9. The number of likely N-dealkylation sites (tertiary alicyclic amines) is 1. The summed E-state index contributed by atoms with van der Waals surface area (Å²) >= 11 is 1.51. The number of alkyl halides is 2. The Morgan fingerprint density at radius 3 is 2.60 bits per heavy atom. The van der Waals surface area contributed by atoms with Gasteiger partial charge in [0, 0.05) is 38.9 Å². The van der Waals surface area contributed by atoms with Crippen LogP contribution in [0.5, 0.6) is 5.75 Å². The van der Waals surface area contributed by atoms with Crippen molar-refractivity contribution in [1.29, 1.82) is 0 Å². The molecular formula is C23H28F2N6O3S. The third kappa shape index (κ3) is 6.73. The summed E-state index contributed by atoms with van der Waals surface area (Å²) in [7, 11) is 1.71. The fraction of sp³-hybridized carbons (Fsp3) is 0.478. The number of rotatable bonds is 10. The molecule has 1 unspecified atom stereocenters. The minimum atomic E-state index is -2.91. The van der Waals surface area contributed by atoms with E-state index in [-0.39, 0.29) is 23.7 Å². The van der Waals surface area contributed by atoms with Crippen LogP contribution in [0.3, 0.4) is 0 Å². The number of piperidine rings is 1. The highest BCUT2D eigenvalue weighted by molar-refractivity contribution is 7.22. The van der Waals surface area contributed by atoms with Crippen molar-refractivity contribution in [2.45, 2.75) is 32.5 Å². The number of aromatic nitrogens is 3. The number of carbonyl (C=O) groups excluding carboxylic acids is 1. The Kier molecular flexibility index (Phi) is 8.24. The summed E-state index contributed by atoms with van der Waals surface area (Å²) in [5.74, 6) is 0.494. The molecule has 12 heteroatoms. The topological polar surface area (TPSA) is 102 Å². The van der Waals surface area contributed by atoms with E-state index in [0.29, 0.717) is 37.7 Å². The van der Waals surface area contributed by atoms with Gasteiger partial charge in [0.2, 0.25) is 5.95 Å². The molecular weight excluding hydrogens is 478 g/mol. The predicted molar refractivity (Wildman–Crippen MR) is 130 cm³/mol.